The van der Waals surface area contributed by atoms with Gasteiger partial charge in [-0.25, -0.2) is 13.1 Å². The Morgan fingerprint density at radius 1 is 1.19 bits per heavy atom. The van der Waals surface area contributed by atoms with E-state index in [4.69, 9.17) is 0 Å². The molecule has 1 heterocycles. The molecule has 0 radical (unpaired) electrons. The van der Waals surface area contributed by atoms with Gasteiger partial charge < -0.3 is 0 Å². The molecule has 1 N–H and O–H groups in total. The van der Waals surface area contributed by atoms with Crippen LogP contribution in [-0.2, 0) is 16.6 Å². The molecule has 0 spiro atoms. The van der Waals surface area contributed by atoms with Crippen LogP contribution in [0.5, 0.6) is 0 Å². The van der Waals surface area contributed by atoms with Crippen LogP contribution in [0.3, 0.4) is 0 Å². The highest BCUT2D eigenvalue weighted by molar-refractivity contribution is 7.89. The summed E-state index contributed by atoms with van der Waals surface area (Å²) in [6.45, 7) is 7.70. The molecule has 0 amide bonds. The van der Waals surface area contributed by atoms with Crippen LogP contribution in [0.2, 0.25) is 0 Å². The Kier molecular flexibility index (Phi) is 4.20. The Labute approximate surface area is 126 Å². The highest BCUT2D eigenvalue weighted by Crippen LogP contribution is 2.16. The number of hydrogen-bond acceptors (Lipinski definition) is 3. The predicted molar refractivity (Wildman–Crippen MR) is 82.6 cm³/mol. The van der Waals surface area contributed by atoms with Crippen LogP contribution < -0.4 is 4.72 Å². The Bertz CT molecular complexity index is 713. The lowest BCUT2D eigenvalue weighted by Gasteiger charge is -2.19. The number of aryl methyl sites for hydroxylation is 1. The number of hydrogen-bond donors (Lipinski definition) is 1. The van der Waals surface area contributed by atoms with Crippen LogP contribution in [0.15, 0.2) is 41.4 Å². The fourth-order valence-electron chi connectivity index (χ4n) is 2.07. The third-order valence-corrected chi connectivity index (χ3v) is 4.68. The molecule has 0 bridgehead atoms. The van der Waals surface area contributed by atoms with Crippen molar-refractivity contribution in [2.75, 3.05) is 0 Å². The molecular weight excluding hydrogens is 286 g/mol. The minimum Gasteiger partial charge on any atom is -0.267 e. The standard InChI is InChI=1S/C15H21N3O2S/c1-12-14(21(19,20)17-15(2,3)4)11-18(16-12)10-13-8-6-5-7-9-13/h5-9,11,17H,10H2,1-4H3. The highest BCUT2D eigenvalue weighted by Gasteiger charge is 2.25. The molecule has 2 aromatic rings. The van der Waals surface area contributed by atoms with Gasteiger partial charge in [-0.1, -0.05) is 30.3 Å². The topological polar surface area (TPSA) is 64.0 Å². The van der Waals surface area contributed by atoms with Crippen molar-refractivity contribution < 1.29 is 8.42 Å². The third-order valence-electron chi connectivity index (χ3n) is 2.82. The molecule has 0 aliphatic rings. The van der Waals surface area contributed by atoms with Crippen molar-refractivity contribution in [3.05, 3.63) is 47.8 Å². The zero-order valence-electron chi connectivity index (χ0n) is 12.8. The second kappa shape index (κ2) is 5.61. The van der Waals surface area contributed by atoms with E-state index < -0.39 is 15.6 Å². The second-order valence-electron chi connectivity index (χ2n) is 6.12. The van der Waals surface area contributed by atoms with E-state index in [-0.39, 0.29) is 4.90 Å². The summed E-state index contributed by atoms with van der Waals surface area (Å²) in [5.41, 5.74) is 1.06. The normalized spacial score (nSPS) is 12.6. The minimum atomic E-state index is -3.55. The van der Waals surface area contributed by atoms with Gasteiger partial charge in [-0.2, -0.15) is 5.10 Å². The zero-order valence-corrected chi connectivity index (χ0v) is 13.6. The maximum absolute atomic E-state index is 12.4. The van der Waals surface area contributed by atoms with Crippen molar-refractivity contribution in [3.8, 4) is 0 Å². The van der Waals surface area contributed by atoms with Crippen LogP contribution in [0, 0.1) is 6.92 Å². The van der Waals surface area contributed by atoms with E-state index in [0.717, 1.165) is 5.56 Å². The summed E-state index contributed by atoms with van der Waals surface area (Å²) in [4.78, 5) is 0.230. The highest BCUT2D eigenvalue weighted by atomic mass is 32.2. The first-order valence-corrected chi connectivity index (χ1v) is 8.28. The van der Waals surface area contributed by atoms with Gasteiger partial charge in [0, 0.05) is 11.7 Å². The molecule has 0 atom stereocenters. The van der Waals surface area contributed by atoms with Gasteiger partial charge >= 0.3 is 0 Å². The van der Waals surface area contributed by atoms with E-state index in [0.29, 0.717) is 12.2 Å². The van der Waals surface area contributed by atoms with Gasteiger partial charge in [0.25, 0.3) is 0 Å². The quantitative estimate of drug-likeness (QED) is 0.943. The second-order valence-corrected chi connectivity index (χ2v) is 7.77. The maximum Gasteiger partial charge on any atom is 0.244 e. The fourth-order valence-corrected chi connectivity index (χ4v) is 3.68. The smallest absolute Gasteiger partial charge is 0.244 e. The predicted octanol–water partition coefficient (Wildman–Crippen LogP) is 2.32. The van der Waals surface area contributed by atoms with Gasteiger partial charge in [-0.3, -0.25) is 4.68 Å². The van der Waals surface area contributed by atoms with Crippen LogP contribution in [-0.4, -0.2) is 23.7 Å². The Balaban J connectivity index is 2.27. The van der Waals surface area contributed by atoms with Gasteiger partial charge in [0.1, 0.15) is 4.90 Å². The number of aromatic nitrogens is 2. The summed E-state index contributed by atoms with van der Waals surface area (Å²) in [6.07, 6.45) is 1.58. The van der Waals surface area contributed by atoms with Crippen LogP contribution in [0.25, 0.3) is 0 Å². The number of nitrogens with one attached hydrogen (secondary N) is 1. The van der Waals surface area contributed by atoms with Gasteiger partial charge in [-0.05, 0) is 33.3 Å². The number of sulfonamides is 1. The molecule has 0 aliphatic carbocycles. The molecular formula is C15H21N3O2S. The van der Waals surface area contributed by atoms with Crippen molar-refractivity contribution in [1.82, 2.24) is 14.5 Å². The van der Waals surface area contributed by atoms with Crippen molar-refractivity contribution in [2.45, 2.75) is 44.7 Å². The number of benzene rings is 1. The summed E-state index contributed by atoms with van der Waals surface area (Å²) in [6, 6.07) is 9.81. The fraction of sp³-hybridized carbons (Fsp3) is 0.400. The molecule has 1 aromatic carbocycles. The van der Waals surface area contributed by atoms with Gasteiger partial charge in [0.2, 0.25) is 10.0 Å². The summed E-state index contributed by atoms with van der Waals surface area (Å²) < 4.78 is 29.0. The summed E-state index contributed by atoms with van der Waals surface area (Å²) in [7, 11) is -3.55. The average molecular weight is 307 g/mol. The molecule has 21 heavy (non-hydrogen) atoms. The molecule has 5 nitrogen and oxygen atoms in total. The zero-order chi connectivity index (χ0) is 15.7. The molecule has 0 saturated carbocycles. The van der Waals surface area contributed by atoms with Crippen molar-refractivity contribution in [2.24, 2.45) is 0 Å². The summed E-state index contributed by atoms with van der Waals surface area (Å²) in [5, 5.41) is 4.30. The van der Waals surface area contributed by atoms with Crippen LogP contribution in [0.4, 0.5) is 0 Å². The third kappa shape index (κ3) is 4.15. The molecule has 0 aliphatic heterocycles. The Morgan fingerprint density at radius 3 is 2.38 bits per heavy atom. The Morgan fingerprint density at radius 2 is 1.81 bits per heavy atom. The first-order valence-electron chi connectivity index (χ1n) is 6.79. The van der Waals surface area contributed by atoms with Gasteiger partial charge in [0.15, 0.2) is 0 Å². The van der Waals surface area contributed by atoms with E-state index in [2.05, 4.69) is 9.82 Å². The molecule has 0 fully saturated rings. The van der Waals surface area contributed by atoms with Gasteiger partial charge in [0.05, 0.1) is 12.2 Å². The number of nitrogens with zero attached hydrogens (tertiary/aromatic N) is 2. The van der Waals surface area contributed by atoms with E-state index in [1.54, 1.807) is 17.8 Å². The van der Waals surface area contributed by atoms with E-state index in [1.807, 2.05) is 51.1 Å². The first-order chi connectivity index (χ1) is 9.67. The molecule has 0 unspecified atom stereocenters. The summed E-state index contributed by atoms with van der Waals surface area (Å²) >= 11 is 0. The van der Waals surface area contributed by atoms with Crippen molar-refractivity contribution in [3.63, 3.8) is 0 Å². The van der Waals surface area contributed by atoms with E-state index >= 15 is 0 Å². The lowest BCUT2D eigenvalue weighted by Crippen LogP contribution is -2.40. The van der Waals surface area contributed by atoms with Crippen molar-refractivity contribution >= 4 is 10.0 Å². The maximum atomic E-state index is 12.4. The lowest BCUT2D eigenvalue weighted by atomic mass is 10.1. The molecule has 2 rings (SSSR count). The van der Waals surface area contributed by atoms with Gasteiger partial charge in [-0.15, -0.1) is 0 Å². The monoisotopic (exact) mass is 307 g/mol. The summed E-state index contributed by atoms with van der Waals surface area (Å²) in [5.74, 6) is 0. The molecule has 1 aromatic heterocycles. The lowest BCUT2D eigenvalue weighted by molar-refractivity contribution is 0.491. The van der Waals surface area contributed by atoms with Crippen LogP contribution in [0.1, 0.15) is 32.0 Å². The molecule has 0 saturated heterocycles. The average Bonchev–Trinajstić information content (AvgIpc) is 2.69. The van der Waals surface area contributed by atoms with Crippen molar-refractivity contribution in [1.29, 1.82) is 0 Å². The molecule has 114 valence electrons. The van der Waals surface area contributed by atoms with Crippen LogP contribution >= 0.6 is 0 Å². The first kappa shape index (κ1) is 15.7. The number of rotatable bonds is 4. The minimum absolute atomic E-state index is 0.230. The molecule has 6 heteroatoms. The largest absolute Gasteiger partial charge is 0.267 e. The SMILES string of the molecule is Cc1nn(Cc2ccccc2)cc1S(=O)(=O)NC(C)(C)C. The Hall–Kier alpha value is -1.66. The van der Waals surface area contributed by atoms with E-state index in [1.165, 1.54) is 0 Å². The van der Waals surface area contributed by atoms with E-state index in [9.17, 15) is 8.42 Å².